The molecule has 0 aliphatic carbocycles. The number of ether oxygens (including phenoxy) is 2. The Morgan fingerprint density at radius 2 is 1.86 bits per heavy atom. The van der Waals surface area contributed by atoms with Crippen LogP contribution in [-0.4, -0.2) is 40.1 Å². The van der Waals surface area contributed by atoms with E-state index < -0.39 is 22.5 Å². The normalized spacial score (nSPS) is 11.4. The molecule has 3 aromatic rings. The second-order valence-electron chi connectivity index (χ2n) is 5.80. The van der Waals surface area contributed by atoms with Crippen molar-refractivity contribution in [2.24, 2.45) is 0 Å². The van der Waals surface area contributed by atoms with Crippen LogP contribution in [0, 0.1) is 6.92 Å². The van der Waals surface area contributed by atoms with Crippen LogP contribution >= 0.6 is 0 Å². The van der Waals surface area contributed by atoms with Crippen LogP contribution in [0.15, 0.2) is 45.7 Å². The maximum Gasteiger partial charge on any atom is 0.241 e. The Labute approximate surface area is 161 Å². The van der Waals surface area contributed by atoms with E-state index >= 15 is 0 Å². The average Bonchev–Trinajstić information content (AvgIpc) is 3.05. The van der Waals surface area contributed by atoms with Crippen molar-refractivity contribution in [3.63, 3.8) is 0 Å². The number of carbonyl (C=O) groups excluding carboxylic acids is 1. The lowest BCUT2D eigenvalue weighted by molar-refractivity contribution is -0.115. The number of carbonyl (C=O) groups is 1. The van der Waals surface area contributed by atoms with Gasteiger partial charge in [0.1, 0.15) is 5.52 Å². The molecule has 1 amide bonds. The number of oxazole rings is 1. The quantitative estimate of drug-likeness (QED) is 0.617. The summed E-state index contributed by atoms with van der Waals surface area (Å²) < 4.78 is 42.7. The van der Waals surface area contributed by atoms with Crippen LogP contribution in [0.5, 0.6) is 11.5 Å². The second kappa shape index (κ2) is 7.87. The number of amides is 1. The van der Waals surface area contributed by atoms with Crippen LogP contribution in [-0.2, 0) is 14.8 Å². The molecule has 2 aromatic carbocycles. The number of hydrogen-bond donors (Lipinski definition) is 2. The van der Waals surface area contributed by atoms with Crippen molar-refractivity contribution in [3.8, 4) is 11.5 Å². The van der Waals surface area contributed by atoms with Crippen molar-refractivity contribution in [1.29, 1.82) is 0 Å². The van der Waals surface area contributed by atoms with Gasteiger partial charge in [-0.1, -0.05) is 0 Å². The van der Waals surface area contributed by atoms with E-state index in [2.05, 4.69) is 15.0 Å². The predicted molar refractivity (Wildman–Crippen MR) is 102 cm³/mol. The summed E-state index contributed by atoms with van der Waals surface area (Å²) in [6.07, 6.45) is 0. The number of rotatable bonds is 7. The Balaban J connectivity index is 1.67. The Hall–Kier alpha value is -3.11. The minimum Gasteiger partial charge on any atom is -0.493 e. The Bertz CT molecular complexity index is 1120. The molecule has 1 heterocycles. The third-order valence-corrected chi connectivity index (χ3v) is 5.27. The maximum atomic E-state index is 12.4. The summed E-state index contributed by atoms with van der Waals surface area (Å²) in [5, 5.41) is 2.62. The number of aromatic nitrogens is 1. The molecular formula is C18H19N3O6S. The van der Waals surface area contributed by atoms with E-state index in [-0.39, 0.29) is 10.6 Å². The van der Waals surface area contributed by atoms with Gasteiger partial charge in [0.25, 0.3) is 0 Å². The highest BCUT2D eigenvalue weighted by molar-refractivity contribution is 7.89. The molecule has 0 saturated carbocycles. The molecule has 3 rings (SSSR count). The Kier molecular flexibility index (Phi) is 5.52. The SMILES string of the molecule is COc1ccc(S(=O)(=O)NCC(=O)Nc2ccc3oc(C)nc3c2)cc1OC. The van der Waals surface area contributed by atoms with Crippen LogP contribution in [0.3, 0.4) is 0 Å². The van der Waals surface area contributed by atoms with E-state index in [1.54, 1.807) is 25.1 Å². The molecule has 0 bridgehead atoms. The molecule has 0 saturated heterocycles. The fraction of sp³-hybridized carbons (Fsp3) is 0.222. The van der Waals surface area contributed by atoms with Gasteiger partial charge in [0.2, 0.25) is 15.9 Å². The van der Waals surface area contributed by atoms with Crippen molar-refractivity contribution < 1.29 is 27.1 Å². The minimum absolute atomic E-state index is 0.0440. The van der Waals surface area contributed by atoms with Gasteiger partial charge in [0.05, 0.1) is 25.7 Å². The number of anilines is 1. The molecule has 2 N–H and O–H groups in total. The first kappa shape index (κ1) is 19.6. The summed E-state index contributed by atoms with van der Waals surface area (Å²) in [5.41, 5.74) is 1.68. The fourth-order valence-electron chi connectivity index (χ4n) is 2.55. The molecule has 0 radical (unpaired) electrons. The van der Waals surface area contributed by atoms with Crippen molar-refractivity contribution in [3.05, 3.63) is 42.3 Å². The van der Waals surface area contributed by atoms with Gasteiger partial charge in [-0.3, -0.25) is 4.79 Å². The summed E-state index contributed by atoms with van der Waals surface area (Å²) in [7, 11) is -1.05. The molecule has 0 fully saturated rings. The molecule has 0 aliphatic rings. The van der Waals surface area contributed by atoms with Crippen molar-refractivity contribution in [2.75, 3.05) is 26.1 Å². The average molecular weight is 405 g/mol. The summed E-state index contributed by atoms with van der Waals surface area (Å²) >= 11 is 0. The molecule has 0 atom stereocenters. The Morgan fingerprint density at radius 1 is 1.11 bits per heavy atom. The molecule has 1 aromatic heterocycles. The van der Waals surface area contributed by atoms with Crippen LogP contribution < -0.4 is 19.5 Å². The molecule has 0 unspecified atom stereocenters. The van der Waals surface area contributed by atoms with Crippen LogP contribution in [0.25, 0.3) is 11.1 Å². The lowest BCUT2D eigenvalue weighted by Crippen LogP contribution is -2.32. The van der Waals surface area contributed by atoms with Gasteiger partial charge in [-0.2, -0.15) is 0 Å². The lowest BCUT2D eigenvalue weighted by atomic mass is 10.3. The summed E-state index contributed by atoms with van der Waals surface area (Å²) in [6, 6.07) is 9.13. The van der Waals surface area contributed by atoms with Crippen molar-refractivity contribution in [2.45, 2.75) is 11.8 Å². The monoisotopic (exact) mass is 405 g/mol. The smallest absolute Gasteiger partial charge is 0.241 e. The number of fused-ring (bicyclic) bond motifs is 1. The third-order valence-electron chi connectivity index (χ3n) is 3.87. The molecule has 0 aliphatic heterocycles. The first-order chi connectivity index (χ1) is 13.3. The number of nitrogens with zero attached hydrogens (tertiary/aromatic N) is 1. The predicted octanol–water partition coefficient (Wildman–Crippen LogP) is 2.07. The Morgan fingerprint density at radius 3 is 2.57 bits per heavy atom. The summed E-state index contributed by atoms with van der Waals surface area (Å²) in [4.78, 5) is 16.3. The van der Waals surface area contributed by atoms with Crippen LogP contribution in [0.2, 0.25) is 0 Å². The standard InChI is InChI=1S/C18H19N3O6S/c1-11-20-14-8-12(4-6-15(14)27-11)21-18(22)10-19-28(23,24)13-5-7-16(25-2)17(9-13)26-3/h4-9,19H,10H2,1-3H3,(H,21,22). The molecule has 9 nitrogen and oxygen atoms in total. The zero-order valence-electron chi connectivity index (χ0n) is 15.5. The molecule has 0 spiro atoms. The van der Waals surface area contributed by atoms with Crippen molar-refractivity contribution >= 4 is 32.7 Å². The zero-order chi connectivity index (χ0) is 20.3. The number of hydrogen-bond acceptors (Lipinski definition) is 7. The van der Waals surface area contributed by atoms with E-state index in [9.17, 15) is 13.2 Å². The van der Waals surface area contributed by atoms with Crippen LogP contribution in [0.1, 0.15) is 5.89 Å². The van der Waals surface area contributed by atoms with Gasteiger partial charge in [0, 0.05) is 18.7 Å². The number of benzene rings is 2. The first-order valence-corrected chi connectivity index (χ1v) is 9.69. The first-order valence-electron chi connectivity index (χ1n) is 8.21. The van der Waals surface area contributed by atoms with E-state index in [0.29, 0.717) is 28.4 Å². The van der Waals surface area contributed by atoms with Gasteiger partial charge >= 0.3 is 0 Å². The minimum atomic E-state index is -3.91. The van der Waals surface area contributed by atoms with Crippen molar-refractivity contribution in [1.82, 2.24) is 9.71 Å². The number of nitrogens with one attached hydrogen (secondary N) is 2. The second-order valence-corrected chi connectivity index (χ2v) is 7.57. The van der Waals surface area contributed by atoms with E-state index in [4.69, 9.17) is 13.9 Å². The number of methoxy groups -OCH3 is 2. The fourth-order valence-corrected chi connectivity index (χ4v) is 3.55. The summed E-state index contributed by atoms with van der Waals surface area (Å²) in [6.45, 7) is 1.29. The van der Waals surface area contributed by atoms with Gasteiger partial charge in [-0.15, -0.1) is 0 Å². The van der Waals surface area contributed by atoms with Gasteiger partial charge in [-0.25, -0.2) is 18.1 Å². The highest BCUT2D eigenvalue weighted by atomic mass is 32.2. The maximum absolute atomic E-state index is 12.4. The van der Waals surface area contributed by atoms with E-state index in [1.165, 1.54) is 32.4 Å². The molecule has 10 heteroatoms. The number of sulfonamides is 1. The highest BCUT2D eigenvalue weighted by Gasteiger charge is 2.18. The molecule has 148 valence electrons. The third kappa shape index (κ3) is 4.24. The van der Waals surface area contributed by atoms with Gasteiger partial charge < -0.3 is 19.2 Å². The lowest BCUT2D eigenvalue weighted by Gasteiger charge is -2.11. The topological polar surface area (TPSA) is 120 Å². The zero-order valence-corrected chi connectivity index (χ0v) is 16.3. The van der Waals surface area contributed by atoms with Gasteiger partial charge in [0.15, 0.2) is 23.0 Å². The van der Waals surface area contributed by atoms with E-state index in [1.807, 2.05) is 0 Å². The number of aryl methyl sites for hydroxylation is 1. The molecule has 28 heavy (non-hydrogen) atoms. The van der Waals surface area contributed by atoms with E-state index in [0.717, 1.165) is 0 Å². The summed E-state index contributed by atoms with van der Waals surface area (Å²) in [5.74, 6) is 0.661. The largest absolute Gasteiger partial charge is 0.493 e. The molecular weight excluding hydrogens is 386 g/mol. The van der Waals surface area contributed by atoms with Crippen LogP contribution in [0.4, 0.5) is 5.69 Å². The highest BCUT2D eigenvalue weighted by Crippen LogP contribution is 2.29. The van der Waals surface area contributed by atoms with Gasteiger partial charge in [-0.05, 0) is 30.3 Å².